The summed E-state index contributed by atoms with van der Waals surface area (Å²) < 4.78 is 5.83. The van der Waals surface area contributed by atoms with Gasteiger partial charge >= 0.3 is 0 Å². The van der Waals surface area contributed by atoms with E-state index in [-0.39, 0.29) is 10.6 Å². The minimum atomic E-state index is -0.554. The van der Waals surface area contributed by atoms with E-state index < -0.39 is 5.91 Å². The second-order valence-corrected chi connectivity index (χ2v) is 3.96. The van der Waals surface area contributed by atoms with Crippen LogP contribution in [0.5, 0.6) is 5.75 Å². The number of carbonyl (C=O) groups is 1. The molecule has 0 aliphatic rings. The van der Waals surface area contributed by atoms with Crippen molar-refractivity contribution in [2.45, 2.75) is 0 Å². The maximum absolute atomic E-state index is 10.9. The first-order valence-corrected chi connectivity index (χ1v) is 4.84. The molecule has 0 fully saturated rings. The summed E-state index contributed by atoms with van der Waals surface area (Å²) in [4.78, 5) is 10.9. The lowest BCUT2D eigenvalue weighted by Crippen LogP contribution is -2.12. The first-order valence-electron chi connectivity index (χ1n) is 3.39. The Bertz CT molecular complexity index is 354. The Morgan fingerprint density at radius 1 is 1.62 bits per heavy atom. The van der Waals surface area contributed by atoms with Crippen molar-refractivity contribution in [3.8, 4) is 5.75 Å². The predicted molar refractivity (Wildman–Crippen MR) is 59.2 cm³/mol. The van der Waals surface area contributed by atoms with Crippen LogP contribution in [0.15, 0.2) is 12.1 Å². The van der Waals surface area contributed by atoms with E-state index in [2.05, 4.69) is 22.6 Å². The van der Waals surface area contributed by atoms with Gasteiger partial charge in [-0.05, 0) is 34.7 Å². The van der Waals surface area contributed by atoms with E-state index in [1.54, 1.807) is 12.1 Å². The average molecular weight is 312 g/mol. The van der Waals surface area contributed by atoms with E-state index in [4.69, 9.17) is 22.1 Å². The molecule has 0 saturated carbocycles. The van der Waals surface area contributed by atoms with Crippen molar-refractivity contribution in [2.24, 2.45) is 5.73 Å². The number of carbonyl (C=O) groups excluding carboxylic acids is 1. The Balaban J connectivity index is 3.35. The highest BCUT2D eigenvalue weighted by Gasteiger charge is 2.12. The summed E-state index contributed by atoms with van der Waals surface area (Å²) in [7, 11) is 1.49. The number of hydrogen-bond donors (Lipinski definition) is 1. The van der Waals surface area contributed by atoms with Gasteiger partial charge in [0.1, 0.15) is 5.75 Å². The van der Waals surface area contributed by atoms with Crippen LogP contribution in [-0.2, 0) is 0 Å². The zero-order chi connectivity index (χ0) is 10.0. The molecule has 0 saturated heterocycles. The van der Waals surface area contributed by atoms with Gasteiger partial charge in [-0.1, -0.05) is 11.6 Å². The Kier molecular flexibility index (Phi) is 3.38. The molecule has 0 unspecified atom stereocenters. The lowest BCUT2D eigenvalue weighted by molar-refractivity contribution is 0.1000. The highest BCUT2D eigenvalue weighted by molar-refractivity contribution is 14.1. The van der Waals surface area contributed by atoms with Crippen molar-refractivity contribution in [3.05, 3.63) is 26.3 Å². The van der Waals surface area contributed by atoms with Crippen LogP contribution in [0.1, 0.15) is 10.4 Å². The zero-order valence-electron chi connectivity index (χ0n) is 6.80. The van der Waals surface area contributed by atoms with Crippen molar-refractivity contribution < 1.29 is 9.53 Å². The zero-order valence-corrected chi connectivity index (χ0v) is 9.72. The number of amides is 1. The topological polar surface area (TPSA) is 52.3 Å². The van der Waals surface area contributed by atoms with Crippen molar-refractivity contribution in [1.82, 2.24) is 0 Å². The van der Waals surface area contributed by atoms with E-state index in [9.17, 15) is 4.79 Å². The molecule has 1 aromatic carbocycles. The van der Waals surface area contributed by atoms with Crippen LogP contribution < -0.4 is 10.5 Å². The molecule has 0 atom stereocenters. The summed E-state index contributed by atoms with van der Waals surface area (Å²) in [5.74, 6) is -0.0933. The summed E-state index contributed by atoms with van der Waals surface area (Å²) in [5.41, 5.74) is 5.41. The normalized spacial score (nSPS) is 9.77. The highest BCUT2D eigenvalue weighted by Crippen LogP contribution is 2.29. The van der Waals surface area contributed by atoms with Crippen LogP contribution in [0.2, 0.25) is 5.02 Å². The molecule has 2 N–H and O–H groups in total. The Morgan fingerprint density at radius 3 is 2.69 bits per heavy atom. The van der Waals surface area contributed by atoms with Gasteiger partial charge in [-0.2, -0.15) is 0 Å². The minimum Gasteiger partial charge on any atom is -0.495 e. The van der Waals surface area contributed by atoms with Crippen LogP contribution in [-0.4, -0.2) is 13.0 Å². The molecule has 70 valence electrons. The molecule has 13 heavy (non-hydrogen) atoms. The van der Waals surface area contributed by atoms with Gasteiger partial charge in [-0.15, -0.1) is 0 Å². The molecule has 0 heterocycles. The van der Waals surface area contributed by atoms with Crippen LogP contribution in [0.3, 0.4) is 0 Å². The summed E-state index contributed by atoms with van der Waals surface area (Å²) in [6, 6.07) is 3.35. The second kappa shape index (κ2) is 4.15. The number of methoxy groups -OCH3 is 1. The largest absolute Gasteiger partial charge is 0.495 e. The summed E-state index contributed by atoms with van der Waals surface area (Å²) in [5, 5.41) is 0.260. The van der Waals surface area contributed by atoms with Gasteiger partial charge in [0.25, 0.3) is 0 Å². The molecule has 0 aliphatic heterocycles. The fraction of sp³-hybridized carbons (Fsp3) is 0.125. The summed E-state index contributed by atoms with van der Waals surface area (Å²) >= 11 is 7.90. The molecule has 1 amide bonds. The monoisotopic (exact) mass is 311 g/mol. The molecule has 0 bridgehead atoms. The van der Waals surface area contributed by atoms with Gasteiger partial charge in [0.05, 0.1) is 17.7 Å². The third-order valence-electron chi connectivity index (χ3n) is 1.49. The Morgan fingerprint density at radius 2 is 2.23 bits per heavy atom. The van der Waals surface area contributed by atoms with E-state index in [1.165, 1.54) is 7.11 Å². The third kappa shape index (κ3) is 2.25. The number of rotatable bonds is 2. The van der Waals surface area contributed by atoms with Crippen LogP contribution >= 0.6 is 34.2 Å². The van der Waals surface area contributed by atoms with Crippen molar-refractivity contribution in [3.63, 3.8) is 0 Å². The number of halogens is 2. The molecular weight excluding hydrogens is 304 g/mol. The quantitative estimate of drug-likeness (QED) is 0.850. The SMILES string of the molecule is COc1cc(I)cc(C(N)=O)c1Cl. The van der Waals surface area contributed by atoms with E-state index in [1.807, 2.05) is 0 Å². The molecule has 3 nitrogen and oxygen atoms in total. The number of nitrogens with two attached hydrogens (primary N) is 1. The lowest BCUT2D eigenvalue weighted by atomic mass is 10.2. The average Bonchev–Trinajstić information content (AvgIpc) is 2.08. The molecule has 0 radical (unpaired) electrons. The van der Waals surface area contributed by atoms with E-state index >= 15 is 0 Å². The fourth-order valence-electron chi connectivity index (χ4n) is 0.892. The maximum atomic E-state index is 10.9. The Hall–Kier alpha value is -0.490. The van der Waals surface area contributed by atoms with E-state index in [0.29, 0.717) is 5.75 Å². The van der Waals surface area contributed by atoms with Crippen LogP contribution in [0.4, 0.5) is 0 Å². The Labute approximate surface area is 94.3 Å². The predicted octanol–water partition coefficient (Wildman–Crippen LogP) is 2.05. The molecular formula is C8H7ClINO2. The van der Waals surface area contributed by atoms with E-state index in [0.717, 1.165) is 3.57 Å². The molecule has 0 aliphatic carbocycles. The molecule has 1 rings (SSSR count). The third-order valence-corrected chi connectivity index (χ3v) is 2.50. The van der Waals surface area contributed by atoms with Gasteiger partial charge < -0.3 is 10.5 Å². The second-order valence-electron chi connectivity index (χ2n) is 2.33. The summed E-state index contributed by atoms with van der Waals surface area (Å²) in [6.45, 7) is 0. The molecule has 0 aromatic heterocycles. The maximum Gasteiger partial charge on any atom is 0.250 e. The highest BCUT2D eigenvalue weighted by atomic mass is 127. The van der Waals surface area contributed by atoms with Gasteiger partial charge in [0.15, 0.2) is 0 Å². The van der Waals surface area contributed by atoms with Crippen LogP contribution in [0.25, 0.3) is 0 Å². The summed E-state index contributed by atoms with van der Waals surface area (Å²) in [6.07, 6.45) is 0. The van der Waals surface area contributed by atoms with Gasteiger partial charge in [0.2, 0.25) is 5.91 Å². The van der Waals surface area contributed by atoms with Crippen LogP contribution in [0, 0.1) is 3.57 Å². The number of primary amides is 1. The minimum absolute atomic E-state index is 0.260. The van der Waals surface area contributed by atoms with Crippen molar-refractivity contribution >= 4 is 40.1 Å². The molecule has 0 spiro atoms. The number of hydrogen-bond acceptors (Lipinski definition) is 2. The smallest absolute Gasteiger partial charge is 0.250 e. The number of benzene rings is 1. The molecule has 1 aromatic rings. The van der Waals surface area contributed by atoms with Crippen molar-refractivity contribution in [1.29, 1.82) is 0 Å². The first kappa shape index (κ1) is 10.6. The lowest BCUT2D eigenvalue weighted by Gasteiger charge is -2.06. The standard InChI is InChI=1S/C8H7ClINO2/c1-13-6-3-4(10)2-5(7(6)9)8(11)12/h2-3H,1H3,(H2,11,12). The fourth-order valence-corrected chi connectivity index (χ4v) is 1.77. The molecule has 5 heteroatoms. The van der Waals surface area contributed by atoms with Gasteiger partial charge in [0, 0.05) is 3.57 Å². The van der Waals surface area contributed by atoms with Gasteiger partial charge in [-0.3, -0.25) is 4.79 Å². The first-order chi connectivity index (χ1) is 6.06. The number of ether oxygens (including phenoxy) is 1. The van der Waals surface area contributed by atoms with Gasteiger partial charge in [-0.25, -0.2) is 0 Å². The van der Waals surface area contributed by atoms with Crippen molar-refractivity contribution in [2.75, 3.05) is 7.11 Å².